The number of H-pyrrole nitrogens is 1. The first-order valence-corrected chi connectivity index (χ1v) is 7.28. The molecule has 90 valence electrons. The van der Waals surface area contributed by atoms with E-state index in [9.17, 15) is 0 Å². The average Bonchev–Trinajstić information content (AvgIpc) is 2.68. The van der Waals surface area contributed by atoms with Gasteiger partial charge in [0.2, 0.25) is 0 Å². The number of aromatic nitrogens is 1. The van der Waals surface area contributed by atoms with Crippen molar-refractivity contribution in [1.29, 1.82) is 0 Å². The molecule has 0 spiro atoms. The Bertz CT molecular complexity index is 559. The van der Waals surface area contributed by atoms with Gasteiger partial charge in [0.05, 0.1) is 0 Å². The quantitative estimate of drug-likeness (QED) is 0.777. The van der Waals surface area contributed by atoms with Gasteiger partial charge < -0.3 is 4.98 Å². The molecule has 3 rings (SSSR count). The maximum Gasteiger partial charge on any atom is 0.0498 e. The Balaban J connectivity index is 2.16. The molecule has 0 bridgehead atoms. The van der Waals surface area contributed by atoms with Crippen LogP contribution in [0.4, 0.5) is 0 Å². The third-order valence-electron chi connectivity index (χ3n) is 3.78. The standard InChI is InChI=1S/C14H18N2S/c1-9-5-4-6-11-12-7-10(2)16(17-3)8-13(12)15-14(9)11/h4-6,10,15H,7-8H2,1-3H3/t10-/m1/s1. The molecule has 1 atom stereocenters. The Morgan fingerprint density at radius 1 is 1.41 bits per heavy atom. The first kappa shape index (κ1) is 11.2. The summed E-state index contributed by atoms with van der Waals surface area (Å²) in [7, 11) is 0. The van der Waals surface area contributed by atoms with Crippen molar-refractivity contribution in [2.24, 2.45) is 0 Å². The minimum atomic E-state index is 0.622. The summed E-state index contributed by atoms with van der Waals surface area (Å²) in [5, 5.41) is 1.42. The third kappa shape index (κ3) is 1.69. The van der Waals surface area contributed by atoms with Crippen LogP contribution in [0.15, 0.2) is 18.2 Å². The van der Waals surface area contributed by atoms with E-state index in [1.54, 1.807) is 0 Å². The minimum absolute atomic E-state index is 0.622. The second-order valence-corrected chi connectivity index (χ2v) is 5.72. The van der Waals surface area contributed by atoms with E-state index in [0.717, 1.165) is 13.0 Å². The van der Waals surface area contributed by atoms with Gasteiger partial charge in [-0.05, 0) is 37.7 Å². The van der Waals surface area contributed by atoms with Crippen LogP contribution in [0, 0.1) is 6.92 Å². The van der Waals surface area contributed by atoms with Crippen molar-refractivity contribution in [1.82, 2.24) is 9.29 Å². The summed E-state index contributed by atoms with van der Waals surface area (Å²) < 4.78 is 2.45. The van der Waals surface area contributed by atoms with E-state index in [-0.39, 0.29) is 0 Å². The number of benzene rings is 1. The van der Waals surface area contributed by atoms with Crippen LogP contribution < -0.4 is 0 Å². The Morgan fingerprint density at radius 3 is 3.00 bits per heavy atom. The summed E-state index contributed by atoms with van der Waals surface area (Å²) in [6, 6.07) is 7.22. The number of aromatic amines is 1. The summed E-state index contributed by atoms with van der Waals surface area (Å²) in [5.74, 6) is 0. The van der Waals surface area contributed by atoms with Gasteiger partial charge in [-0.1, -0.05) is 30.1 Å². The molecular formula is C14H18N2S. The molecule has 0 amide bonds. The van der Waals surface area contributed by atoms with Crippen LogP contribution in [0.25, 0.3) is 10.9 Å². The highest BCUT2D eigenvalue weighted by Gasteiger charge is 2.25. The number of para-hydroxylation sites is 1. The molecule has 0 saturated heterocycles. The van der Waals surface area contributed by atoms with Crippen LogP contribution in [-0.2, 0) is 13.0 Å². The van der Waals surface area contributed by atoms with Crippen molar-refractivity contribution >= 4 is 22.9 Å². The molecule has 1 aliphatic heterocycles. The van der Waals surface area contributed by atoms with E-state index < -0.39 is 0 Å². The highest BCUT2D eigenvalue weighted by atomic mass is 32.2. The first-order valence-electron chi connectivity index (χ1n) is 6.10. The Hall–Kier alpha value is -0.930. The lowest BCUT2D eigenvalue weighted by Crippen LogP contribution is -2.32. The zero-order valence-electron chi connectivity index (χ0n) is 10.6. The maximum absolute atomic E-state index is 3.61. The molecule has 0 unspecified atom stereocenters. The third-order valence-corrected chi connectivity index (χ3v) is 4.74. The van der Waals surface area contributed by atoms with Crippen LogP contribution in [0.5, 0.6) is 0 Å². The lowest BCUT2D eigenvalue weighted by atomic mass is 9.99. The van der Waals surface area contributed by atoms with Crippen molar-refractivity contribution in [3.05, 3.63) is 35.0 Å². The van der Waals surface area contributed by atoms with Gasteiger partial charge in [0.25, 0.3) is 0 Å². The number of hydrogen-bond donors (Lipinski definition) is 1. The van der Waals surface area contributed by atoms with Gasteiger partial charge in [-0.2, -0.15) is 0 Å². The number of nitrogens with zero attached hydrogens (tertiary/aromatic N) is 1. The SMILES string of the molecule is CSN1Cc2[nH]c3c(C)cccc3c2C[C@H]1C. The van der Waals surface area contributed by atoms with Gasteiger partial charge in [-0.15, -0.1) is 0 Å². The van der Waals surface area contributed by atoms with Crippen molar-refractivity contribution in [2.45, 2.75) is 32.9 Å². The number of hydrogen-bond acceptors (Lipinski definition) is 2. The number of fused-ring (bicyclic) bond motifs is 3. The van der Waals surface area contributed by atoms with Gasteiger partial charge in [0.15, 0.2) is 0 Å². The first-order chi connectivity index (χ1) is 8.20. The van der Waals surface area contributed by atoms with Crippen molar-refractivity contribution in [2.75, 3.05) is 6.26 Å². The molecule has 2 nitrogen and oxygen atoms in total. The fraction of sp³-hybridized carbons (Fsp3) is 0.429. The molecule has 0 radical (unpaired) electrons. The zero-order valence-corrected chi connectivity index (χ0v) is 11.4. The van der Waals surface area contributed by atoms with Gasteiger partial charge in [0, 0.05) is 29.2 Å². The Morgan fingerprint density at radius 2 is 2.24 bits per heavy atom. The zero-order chi connectivity index (χ0) is 12.0. The molecule has 2 aromatic rings. The van der Waals surface area contributed by atoms with E-state index in [1.807, 2.05) is 11.9 Å². The Labute approximate surface area is 107 Å². The highest BCUT2D eigenvalue weighted by Crippen LogP contribution is 2.33. The molecule has 1 aromatic carbocycles. The fourth-order valence-corrected chi connectivity index (χ4v) is 3.49. The van der Waals surface area contributed by atoms with E-state index >= 15 is 0 Å². The summed E-state index contributed by atoms with van der Waals surface area (Å²) in [5.41, 5.74) is 5.61. The van der Waals surface area contributed by atoms with Crippen molar-refractivity contribution in [3.8, 4) is 0 Å². The monoisotopic (exact) mass is 246 g/mol. The van der Waals surface area contributed by atoms with Crippen LogP contribution >= 0.6 is 11.9 Å². The maximum atomic E-state index is 3.61. The molecule has 3 heteroatoms. The van der Waals surface area contributed by atoms with Crippen molar-refractivity contribution in [3.63, 3.8) is 0 Å². The fourth-order valence-electron chi connectivity index (χ4n) is 2.80. The number of rotatable bonds is 1. The smallest absolute Gasteiger partial charge is 0.0498 e. The van der Waals surface area contributed by atoms with Crippen molar-refractivity contribution < 1.29 is 0 Å². The molecule has 0 aliphatic carbocycles. The molecular weight excluding hydrogens is 228 g/mol. The summed E-state index contributed by atoms with van der Waals surface area (Å²) in [6.45, 7) is 5.53. The predicted molar refractivity (Wildman–Crippen MR) is 75.3 cm³/mol. The number of aryl methyl sites for hydroxylation is 1. The normalized spacial score (nSPS) is 20.8. The average molecular weight is 246 g/mol. The lowest BCUT2D eigenvalue weighted by molar-refractivity contribution is 0.341. The van der Waals surface area contributed by atoms with E-state index in [0.29, 0.717) is 6.04 Å². The molecule has 0 saturated carbocycles. The molecule has 2 heterocycles. The van der Waals surface area contributed by atoms with Crippen LogP contribution in [0.2, 0.25) is 0 Å². The van der Waals surface area contributed by atoms with Gasteiger partial charge in [0.1, 0.15) is 0 Å². The summed E-state index contributed by atoms with van der Waals surface area (Å²) in [6.07, 6.45) is 3.31. The van der Waals surface area contributed by atoms with Gasteiger partial charge in [-0.25, -0.2) is 4.31 Å². The molecule has 1 N–H and O–H groups in total. The Kier molecular flexibility index (Phi) is 2.68. The largest absolute Gasteiger partial charge is 0.357 e. The highest BCUT2D eigenvalue weighted by molar-refractivity contribution is 7.96. The summed E-state index contributed by atoms with van der Waals surface area (Å²) in [4.78, 5) is 3.61. The van der Waals surface area contributed by atoms with Gasteiger partial charge >= 0.3 is 0 Å². The molecule has 0 fully saturated rings. The summed E-state index contributed by atoms with van der Waals surface area (Å²) >= 11 is 1.84. The lowest BCUT2D eigenvalue weighted by Gasteiger charge is -2.31. The minimum Gasteiger partial charge on any atom is -0.357 e. The van der Waals surface area contributed by atoms with Crippen LogP contribution in [0.3, 0.4) is 0 Å². The number of nitrogens with one attached hydrogen (secondary N) is 1. The van der Waals surface area contributed by atoms with E-state index in [2.05, 4.69) is 47.6 Å². The molecule has 1 aliphatic rings. The molecule has 17 heavy (non-hydrogen) atoms. The van der Waals surface area contributed by atoms with Crippen LogP contribution in [0.1, 0.15) is 23.7 Å². The predicted octanol–water partition coefficient (Wildman–Crippen LogP) is 3.50. The second kappa shape index (κ2) is 4.07. The topological polar surface area (TPSA) is 19.0 Å². The van der Waals surface area contributed by atoms with E-state index in [4.69, 9.17) is 0 Å². The van der Waals surface area contributed by atoms with Gasteiger partial charge in [-0.3, -0.25) is 0 Å². The molecule has 1 aromatic heterocycles. The van der Waals surface area contributed by atoms with E-state index in [1.165, 1.54) is 27.7 Å². The second-order valence-electron chi connectivity index (χ2n) is 4.89. The van der Waals surface area contributed by atoms with Crippen LogP contribution in [-0.4, -0.2) is 21.6 Å².